The standard InChI is InChI=1S/C13H18ClN3O2/c1-19-7-12-15-11(14)4-13(16-12)17-5-8-2-3-10(18)9(8)6-17/h4,8-10,18H,2-3,5-7H2,1H3. The quantitative estimate of drug-likeness (QED) is 0.852. The Bertz CT molecular complexity index is 471. The third-order valence-electron chi connectivity index (χ3n) is 4.14. The van der Waals surface area contributed by atoms with Crippen molar-refractivity contribution in [3.8, 4) is 0 Å². The number of hydrogen-bond acceptors (Lipinski definition) is 5. The van der Waals surface area contributed by atoms with Gasteiger partial charge in [0, 0.05) is 32.2 Å². The van der Waals surface area contributed by atoms with E-state index < -0.39 is 0 Å². The van der Waals surface area contributed by atoms with Crippen LogP contribution in [0.5, 0.6) is 0 Å². The molecule has 3 rings (SSSR count). The van der Waals surface area contributed by atoms with Crippen LogP contribution >= 0.6 is 11.6 Å². The number of rotatable bonds is 3. The summed E-state index contributed by atoms with van der Waals surface area (Å²) in [6.07, 6.45) is 1.88. The molecule has 0 amide bonds. The van der Waals surface area contributed by atoms with Crippen LogP contribution in [-0.2, 0) is 11.3 Å². The summed E-state index contributed by atoms with van der Waals surface area (Å²) in [5, 5.41) is 10.4. The Morgan fingerprint density at radius 1 is 1.42 bits per heavy atom. The van der Waals surface area contributed by atoms with Gasteiger partial charge in [0.25, 0.3) is 0 Å². The Balaban J connectivity index is 1.79. The van der Waals surface area contributed by atoms with Gasteiger partial charge in [0.2, 0.25) is 0 Å². The fraction of sp³-hybridized carbons (Fsp3) is 0.692. The number of ether oxygens (including phenoxy) is 1. The van der Waals surface area contributed by atoms with Crippen LogP contribution in [0.15, 0.2) is 6.07 Å². The van der Waals surface area contributed by atoms with Crippen LogP contribution in [0.2, 0.25) is 5.15 Å². The van der Waals surface area contributed by atoms with Gasteiger partial charge >= 0.3 is 0 Å². The normalized spacial score (nSPS) is 29.8. The van der Waals surface area contributed by atoms with Gasteiger partial charge in [0.15, 0.2) is 5.82 Å². The number of anilines is 1. The molecule has 2 fully saturated rings. The summed E-state index contributed by atoms with van der Waals surface area (Å²) in [5.41, 5.74) is 0. The Morgan fingerprint density at radius 3 is 3.00 bits per heavy atom. The molecule has 1 aromatic rings. The first kappa shape index (κ1) is 13.1. The molecule has 6 heteroatoms. The van der Waals surface area contributed by atoms with Crippen molar-refractivity contribution in [3.63, 3.8) is 0 Å². The van der Waals surface area contributed by atoms with E-state index in [1.807, 2.05) is 0 Å². The lowest BCUT2D eigenvalue weighted by atomic mass is 10.00. The van der Waals surface area contributed by atoms with Crippen molar-refractivity contribution in [2.24, 2.45) is 11.8 Å². The maximum atomic E-state index is 9.95. The monoisotopic (exact) mass is 283 g/mol. The fourth-order valence-corrected chi connectivity index (χ4v) is 3.43. The van der Waals surface area contributed by atoms with Crippen LogP contribution in [0.25, 0.3) is 0 Å². The molecule has 1 aliphatic carbocycles. The predicted octanol–water partition coefficient (Wildman–Crippen LogP) is 1.48. The molecule has 19 heavy (non-hydrogen) atoms. The molecular formula is C13H18ClN3O2. The summed E-state index contributed by atoms with van der Waals surface area (Å²) < 4.78 is 5.05. The van der Waals surface area contributed by atoms with E-state index in [-0.39, 0.29) is 6.10 Å². The van der Waals surface area contributed by atoms with Crippen molar-refractivity contribution < 1.29 is 9.84 Å². The second kappa shape index (κ2) is 5.23. The first-order chi connectivity index (χ1) is 9.17. The summed E-state index contributed by atoms with van der Waals surface area (Å²) in [6, 6.07) is 1.79. The first-order valence-corrected chi connectivity index (χ1v) is 7.00. The van der Waals surface area contributed by atoms with Crippen LogP contribution in [0, 0.1) is 11.8 Å². The number of aliphatic hydroxyl groups is 1. The Hall–Kier alpha value is -0.910. The van der Waals surface area contributed by atoms with E-state index in [0.29, 0.717) is 29.4 Å². The number of nitrogens with zero attached hydrogens (tertiary/aromatic N) is 3. The molecule has 104 valence electrons. The molecule has 3 unspecified atom stereocenters. The van der Waals surface area contributed by atoms with E-state index in [1.165, 1.54) is 0 Å². The lowest BCUT2D eigenvalue weighted by molar-refractivity contribution is 0.133. The number of hydrogen-bond donors (Lipinski definition) is 1. The Labute approximate surface area is 117 Å². The highest BCUT2D eigenvalue weighted by molar-refractivity contribution is 6.29. The van der Waals surface area contributed by atoms with Crippen molar-refractivity contribution >= 4 is 17.4 Å². The van der Waals surface area contributed by atoms with Gasteiger partial charge in [-0.05, 0) is 18.8 Å². The molecule has 1 saturated carbocycles. The molecule has 0 radical (unpaired) electrons. The summed E-state index contributed by atoms with van der Waals surface area (Å²) >= 11 is 6.03. The predicted molar refractivity (Wildman–Crippen MR) is 72.2 cm³/mol. The zero-order valence-corrected chi connectivity index (χ0v) is 11.7. The van der Waals surface area contributed by atoms with E-state index in [0.717, 1.165) is 31.7 Å². The number of fused-ring (bicyclic) bond motifs is 1. The topological polar surface area (TPSA) is 58.5 Å². The maximum absolute atomic E-state index is 9.95. The zero-order chi connectivity index (χ0) is 13.4. The van der Waals surface area contributed by atoms with Crippen molar-refractivity contribution in [1.29, 1.82) is 0 Å². The van der Waals surface area contributed by atoms with Crippen molar-refractivity contribution in [2.45, 2.75) is 25.6 Å². The van der Waals surface area contributed by atoms with E-state index in [4.69, 9.17) is 16.3 Å². The zero-order valence-electron chi connectivity index (χ0n) is 10.9. The van der Waals surface area contributed by atoms with Gasteiger partial charge < -0.3 is 14.7 Å². The summed E-state index contributed by atoms with van der Waals surface area (Å²) in [7, 11) is 1.61. The van der Waals surface area contributed by atoms with E-state index in [9.17, 15) is 5.11 Å². The highest BCUT2D eigenvalue weighted by Gasteiger charge is 2.42. The van der Waals surface area contributed by atoms with E-state index in [1.54, 1.807) is 13.2 Å². The molecule has 0 spiro atoms. The van der Waals surface area contributed by atoms with Crippen LogP contribution in [0.1, 0.15) is 18.7 Å². The molecule has 2 aliphatic rings. The average Bonchev–Trinajstić information content (AvgIpc) is 2.92. The van der Waals surface area contributed by atoms with Gasteiger partial charge in [0.05, 0.1) is 6.10 Å². The fourth-order valence-electron chi connectivity index (χ4n) is 3.23. The summed E-state index contributed by atoms with van der Waals surface area (Å²) in [5.74, 6) is 2.39. The van der Waals surface area contributed by atoms with Crippen LogP contribution in [0.3, 0.4) is 0 Å². The molecule has 0 aromatic carbocycles. The molecule has 0 bridgehead atoms. The molecule has 1 aliphatic heterocycles. The highest BCUT2D eigenvalue weighted by Crippen LogP contribution is 2.39. The molecule has 1 saturated heterocycles. The molecule has 1 aromatic heterocycles. The van der Waals surface area contributed by atoms with Gasteiger partial charge in [-0.15, -0.1) is 0 Å². The average molecular weight is 284 g/mol. The van der Waals surface area contributed by atoms with Gasteiger partial charge in [0.1, 0.15) is 17.6 Å². The highest BCUT2D eigenvalue weighted by atomic mass is 35.5. The van der Waals surface area contributed by atoms with Gasteiger partial charge in [-0.3, -0.25) is 0 Å². The van der Waals surface area contributed by atoms with Gasteiger partial charge in [-0.25, -0.2) is 9.97 Å². The number of methoxy groups -OCH3 is 1. The molecule has 3 atom stereocenters. The third kappa shape index (κ3) is 2.55. The SMILES string of the molecule is COCc1nc(Cl)cc(N2CC3CCC(O)C3C2)n1. The second-order valence-corrected chi connectivity index (χ2v) is 5.76. The molecule has 1 N–H and O–H groups in total. The van der Waals surface area contributed by atoms with Crippen LogP contribution in [-0.4, -0.2) is 41.4 Å². The van der Waals surface area contributed by atoms with E-state index >= 15 is 0 Å². The first-order valence-electron chi connectivity index (χ1n) is 6.63. The number of aliphatic hydroxyl groups excluding tert-OH is 1. The third-order valence-corrected chi connectivity index (χ3v) is 4.34. The van der Waals surface area contributed by atoms with Crippen molar-refractivity contribution in [1.82, 2.24) is 9.97 Å². The van der Waals surface area contributed by atoms with Crippen molar-refractivity contribution in [2.75, 3.05) is 25.1 Å². The second-order valence-electron chi connectivity index (χ2n) is 5.37. The summed E-state index contributed by atoms with van der Waals surface area (Å²) in [6.45, 7) is 2.16. The Morgan fingerprint density at radius 2 is 2.26 bits per heavy atom. The summed E-state index contributed by atoms with van der Waals surface area (Å²) in [4.78, 5) is 10.8. The number of aromatic nitrogens is 2. The minimum Gasteiger partial charge on any atom is -0.393 e. The van der Waals surface area contributed by atoms with Gasteiger partial charge in [-0.1, -0.05) is 11.6 Å². The van der Waals surface area contributed by atoms with Crippen LogP contribution in [0.4, 0.5) is 5.82 Å². The minimum absolute atomic E-state index is 0.161. The lowest BCUT2D eigenvalue weighted by Gasteiger charge is -2.20. The van der Waals surface area contributed by atoms with Crippen LogP contribution < -0.4 is 4.90 Å². The van der Waals surface area contributed by atoms with E-state index in [2.05, 4.69) is 14.9 Å². The smallest absolute Gasteiger partial charge is 0.158 e. The lowest BCUT2D eigenvalue weighted by Crippen LogP contribution is -2.25. The minimum atomic E-state index is -0.161. The molecule has 5 nitrogen and oxygen atoms in total. The van der Waals surface area contributed by atoms with Crippen molar-refractivity contribution in [3.05, 3.63) is 17.0 Å². The Kier molecular flexibility index (Phi) is 3.60. The molecular weight excluding hydrogens is 266 g/mol. The maximum Gasteiger partial charge on any atom is 0.158 e. The molecule has 2 heterocycles. The van der Waals surface area contributed by atoms with Gasteiger partial charge in [-0.2, -0.15) is 0 Å². The number of halogens is 1. The largest absolute Gasteiger partial charge is 0.393 e.